The van der Waals surface area contributed by atoms with Crippen molar-refractivity contribution in [2.75, 3.05) is 13.2 Å². The SMILES string of the molecule is CC(C)(C)[Si](OC[C@@H]1[C@@H]([C@]2(C)CC[C@H](O)C[C@@H]2CO)CC[C@]2(C)C(=O)CC[C@@H]12)(c1ccccc1)c1ccccc1. The first-order valence-corrected chi connectivity index (χ1v) is 17.5. The van der Waals surface area contributed by atoms with Crippen LogP contribution in [0.25, 0.3) is 0 Å². The van der Waals surface area contributed by atoms with Crippen molar-refractivity contribution in [3.05, 3.63) is 60.7 Å². The monoisotopic (exact) mass is 562 g/mol. The smallest absolute Gasteiger partial charge is 0.261 e. The number of carbonyl (C=O) groups is 1. The van der Waals surface area contributed by atoms with E-state index in [-0.39, 0.29) is 40.4 Å². The highest BCUT2D eigenvalue weighted by atomic mass is 28.4. The Labute approximate surface area is 242 Å². The summed E-state index contributed by atoms with van der Waals surface area (Å²) in [6, 6.07) is 21.7. The molecule has 0 spiro atoms. The van der Waals surface area contributed by atoms with Crippen molar-refractivity contribution in [3.8, 4) is 0 Å². The van der Waals surface area contributed by atoms with E-state index in [1.54, 1.807) is 0 Å². The van der Waals surface area contributed by atoms with E-state index in [1.165, 1.54) is 10.4 Å². The molecular formula is C35H50O4Si. The Balaban J connectivity index is 1.59. The fourth-order valence-electron chi connectivity index (χ4n) is 9.26. The van der Waals surface area contributed by atoms with Gasteiger partial charge in [0.1, 0.15) is 5.78 Å². The van der Waals surface area contributed by atoms with E-state index in [0.717, 1.165) is 32.1 Å². The highest BCUT2D eigenvalue weighted by Gasteiger charge is 2.59. The Kier molecular flexibility index (Phi) is 8.26. The van der Waals surface area contributed by atoms with Crippen LogP contribution in [-0.2, 0) is 9.22 Å². The minimum absolute atomic E-state index is 0.0677. The van der Waals surface area contributed by atoms with Gasteiger partial charge >= 0.3 is 0 Å². The van der Waals surface area contributed by atoms with Gasteiger partial charge in [0.05, 0.1) is 6.10 Å². The molecule has 2 aromatic rings. The van der Waals surface area contributed by atoms with E-state index in [9.17, 15) is 15.0 Å². The lowest BCUT2D eigenvalue weighted by Crippen LogP contribution is -2.67. The number of Topliss-reactive ketones (excluding diaryl/α,β-unsaturated/α-hetero) is 1. The molecule has 4 nitrogen and oxygen atoms in total. The molecule has 0 radical (unpaired) electrons. The summed E-state index contributed by atoms with van der Waals surface area (Å²) in [7, 11) is -2.73. The zero-order chi connectivity index (χ0) is 28.8. The van der Waals surface area contributed by atoms with Gasteiger partial charge in [0.25, 0.3) is 8.32 Å². The second kappa shape index (κ2) is 11.1. The standard InChI is InChI=1S/C35H50O4Si/c1-33(2,3)40(27-12-8-6-9-13-27,28-14-10-7-11-15-28)39-24-29-30-16-17-32(38)35(30,5)21-19-31(29)34(4)20-18-26(37)22-25(34)23-36/h6-15,25-26,29-31,36-37H,16-24H2,1-5H3/t25-,26+,29+,30+,31+,34-,35+/m1/s1. The van der Waals surface area contributed by atoms with E-state index < -0.39 is 8.32 Å². The molecule has 7 atom stereocenters. The normalized spacial score (nSPS) is 35.0. The van der Waals surface area contributed by atoms with Crippen molar-refractivity contribution < 1.29 is 19.4 Å². The minimum atomic E-state index is -2.73. The molecule has 2 aromatic carbocycles. The molecule has 0 aliphatic heterocycles. The van der Waals surface area contributed by atoms with Gasteiger partial charge in [0.2, 0.25) is 0 Å². The molecule has 2 N–H and O–H groups in total. The maximum Gasteiger partial charge on any atom is 0.261 e. The molecule has 0 unspecified atom stereocenters. The third-order valence-corrected chi connectivity index (χ3v) is 16.6. The van der Waals surface area contributed by atoms with Crippen molar-refractivity contribution in [2.45, 2.75) is 90.7 Å². The van der Waals surface area contributed by atoms with Gasteiger partial charge in [0.15, 0.2) is 0 Å². The summed E-state index contributed by atoms with van der Waals surface area (Å²) in [5.74, 6) is 1.37. The Bertz CT molecular complexity index is 1120. The summed E-state index contributed by atoms with van der Waals surface area (Å²) in [6.45, 7) is 12.3. The molecule has 218 valence electrons. The number of aliphatic hydroxyl groups excluding tert-OH is 2. The number of hydrogen-bond acceptors (Lipinski definition) is 4. The number of rotatable bonds is 7. The van der Waals surface area contributed by atoms with Crippen LogP contribution in [0, 0.1) is 34.5 Å². The summed E-state index contributed by atoms with van der Waals surface area (Å²) in [4.78, 5) is 13.3. The van der Waals surface area contributed by atoms with Crippen LogP contribution in [0.4, 0.5) is 0 Å². The molecule has 0 aromatic heterocycles. The topological polar surface area (TPSA) is 66.8 Å². The summed E-state index contributed by atoms with van der Waals surface area (Å²) < 4.78 is 7.57. The molecule has 5 rings (SSSR count). The molecule has 0 saturated heterocycles. The highest BCUT2D eigenvalue weighted by molar-refractivity contribution is 6.99. The zero-order valence-corrected chi connectivity index (χ0v) is 26.2. The van der Waals surface area contributed by atoms with Crippen LogP contribution in [0.5, 0.6) is 0 Å². The molecule has 0 bridgehead atoms. The first-order chi connectivity index (χ1) is 19.0. The van der Waals surface area contributed by atoms with E-state index in [1.807, 2.05) is 0 Å². The number of ketones is 1. The largest absolute Gasteiger partial charge is 0.407 e. The van der Waals surface area contributed by atoms with Gasteiger partial charge in [-0.3, -0.25) is 4.79 Å². The van der Waals surface area contributed by atoms with Gasteiger partial charge < -0.3 is 14.6 Å². The predicted molar refractivity (Wildman–Crippen MR) is 164 cm³/mol. The fourth-order valence-corrected chi connectivity index (χ4v) is 13.9. The summed E-state index contributed by atoms with van der Waals surface area (Å²) in [5, 5.41) is 23.5. The first-order valence-electron chi connectivity index (χ1n) is 15.5. The van der Waals surface area contributed by atoms with Crippen LogP contribution in [0.3, 0.4) is 0 Å². The maximum absolute atomic E-state index is 13.3. The second-order valence-corrected chi connectivity index (χ2v) is 18.9. The zero-order valence-electron chi connectivity index (χ0n) is 25.2. The molecule has 3 aliphatic rings. The maximum atomic E-state index is 13.3. The van der Waals surface area contributed by atoms with Crippen LogP contribution >= 0.6 is 0 Å². The van der Waals surface area contributed by atoms with Crippen LogP contribution in [0.2, 0.25) is 5.04 Å². The summed E-state index contributed by atoms with van der Waals surface area (Å²) in [5.41, 5.74) is -0.365. The summed E-state index contributed by atoms with van der Waals surface area (Å²) in [6.07, 6.45) is 5.53. The average molecular weight is 563 g/mol. The van der Waals surface area contributed by atoms with Crippen LogP contribution in [0.15, 0.2) is 60.7 Å². The van der Waals surface area contributed by atoms with E-state index in [0.29, 0.717) is 37.1 Å². The first kappa shape index (κ1) is 29.7. The lowest BCUT2D eigenvalue weighted by Gasteiger charge is -2.56. The quantitative estimate of drug-likeness (QED) is 0.423. The number of hydrogen-bond donors (Lipinski definition) is 2. The van der Waals surface area contributed by atoms with Crippen molar-refractivity contribution in [3.63, 3.8) is 0 Å². The molecule has 3 aliphatic carbocycles. The molecule has 0 heterocycles. The van der Waals surface area contributed by atoms with Crippen LogP contribution in [0.1, 0.15) is 79.6 Å². The molecule has 3 saturated carbocycles. The Morgan fingerprint density at radius 3 is 2.05 bits per heavy atom. The van der Waals surface area contributed by atoms with Crippen LogP contribution in [-0.4, -0.2) is 43.6 Å². The van der Waals surface area contributed by atoms with Gasteiger partial charge in [-0.1, -0.05) is 95.3 Å². The predicted octanol–water partition coefficient (Wildman–Crippen LogP) is 5.73. The van der Waals surface area contributed by atoms with Crippen molar-refractivity contribution in [1.29, 1.82) is 0 Å². The van der Waals surface area contributed by atoms with Crippen molar-refractivity contribution >= 4 is 24.5 Å². The lowest BCUT2D eigenvalue weighted by atomic mass is 9.49. The lowest BCUT2D eigenvalue weighted by molar-refractivity contribution is -0.138. The number of benzene rings is 2. The van der Waals surface area contributed by atoms with Crippen molar-refractivity contribution in [1.82, 2.24) is 0 Å². The van der Waals surface area contributed by atoms with Gasteiger partial charge in [0, 0.05) is 25.0 Å². The Hall–Kier alpha value is -1.79. The minimum Gasteiger partial charge on any atom is -0.407 e. The molecule has 3 fully saturated rings. The summed E-state index contributed by atoms with van der Waals surface area (Å²) >= 11 is 0. The number of fused-ring (bicyclic) bond motifs is 1. The molecular weight excluding hydrogens is 512 g/mol. The number of aliphatic hydroxyl groups is 2. The molecule has 0 amide bonds. The van der Waals surface area contributed by atoms with Gasteiger partial charge in [-0.15, -0.1) is 0 Å². The van der Waals surface area contributed by atoms with Crippen LogP contribution < -0.4 is 10.4 Å². The molecule has 5 heteroatoms. The van der Waals surface area contributed by atoms with Gasteiger partial charge in [-0.2, -0.15) is 0 Å². The van der Waals surface area contributed by atoms with E-state index in [2.05, 4.69) is 95.3 Å². The van der Waals surface area contributed by atoms with Gasteiger partial charge in [-0.05, 0) is 83.0 Å². The third kappa shape index (κ3) is 4.85. The van der Waals surface area contributed by atoms with Crippen molar-refractivity contribution in [2.24, 2.45) is 34.5 Å². The Morgan fingerprint density at radius 2 is 1.50 bits per heavy atom. The third-order valence-electron chi connectivity index (χ3n) is 11.6. The van der Waals surface area contributed by atoms with E-state index in [4.69, 9.17) is 4.43 Å². The number of carbonyl (C=O) groups excluding carboxylic acids is 1. The Morgan fingerprint density at radius 1 is 0.900 bits per heavy atom. The van der Waals surface area contributed by atoms with Gasteiger partial charge in [-0.25, -0.2) is 0 Å². The highest BCUT2D eigenvalue weighted by Crippen LogP contribution is 2.61. The fraction of sp³-hybridized carbons (Fsp3) is 0.629. The van der Waals surface area contributed by atoms with E-state index >= 15 is 0 Å². The second-order valence-electron chi connectivity index (χ2n) is 14.6. The average Bonchev–Trinajstić information content (AvgIpc) is 3.25. The molecule has 40 heavy (non-hydrogen) atoms.